The maximum absolute atomic E-state index is 12.0. The number of nitrogens with one attached hydrogen (secondary N) is 2. The Morgan fingerprint density at radius 3 is 2.26 bits per heavy atom. The van der Waals surface area contributed by atoms with Crippen molar-refractivity contribution in [1.29, 1.82) is 0 Å². The van der Waals surface area contributed by atoms with Crippen LogP contribution >= 0.6 is 0 Å². The predicted molar refractivity (Wildman–Crippen MR) is 73.0 cm³/mol. The Kier molecular flexibility index (Phi) is 2.77. The first-order chi connectivity index (χ1) is 9.15. The van der Waals surface area contributed by atoms with Gasteiger partial charge in [0.25, 0.3) is 0 Å². The lowest BCUT2D eigenvalue weighted by atomic mass is 9.74. The van der Waals surface area contributed by atoms with Gasteiger partial charge in [-0.1, -0.05) is 0 Å². The third-order valence-corrected chi connectivity index (χ3v) is 4.01. The van der Waals surface area contributed by atoms with Gasteiger partial charge in [0.1, 0.15) is 0 Å². The quantitative estimate of drug-likeness (QED) is 0.859. The van der Waals surface area contributed by atoms with Crippen LogP contribution in [0.15, 0.2) is 12.1 Å². The van der Waals surface area contributed by atoms with Crippen LogP contribution in [-0.4, -0.2) is 25.7 Å². The zero-order chi connectivity index (χ0) is 13.5. The van der Waals surface area contributed by atoms with Crippen molar-refractivity contribution in [2.75, 3.05) is 24.9 Å². The minimum Gasteiger partial charge on any atom is -0.493 e. The van der Waals surface area contributed by atoms with Gasteiger partial charge < -0.3 is 20.1 Å². The van der Waals surface area contributed by atoms with Gasteiger partial charge in [-0.3, -0.25) is 4.79 Å². The summed E-state index contributed by atoms with van der Waals surface area (Å²) in [6.45, 7) is 0. The molecular weight excluding hydrogens is 244 g/mol. The largest absolute Gasteiger partial charge is 0.493 e. The molecule has 19 heavy (non-hydrogen) atoms. The van der Waals surface area contributed by atoms with E-state index in [0.29, 0.717) is 17.9 Å². The summed E-state index contributed by atoms with van der Waals surface area (Å²) >= 11 is 0. The molecule has 0 radical (unpaired) electrons. The Bertz CT molecular complexity index is 524. The van der Waals surface area contributed by atoms with Crippen LogP contribution in [0.3, 0.4) is 0 Å². The summed E-state index contributed by atoms with van der Waals surface area (Å²) < 4.78 is 10.6. The van der Waals surface area contributed by atoms with E-state index in [1.165, 1.54) is 6.42 Å². The average Bonchev–Trinajstić information content (AvgIpc) is 2.51. The number of carbonyl (C=O) groups excluding carboxylic acids is 1. The van der Waals surface area contributed by atoms with Crippen LogP contribution < -0.4 is 20.1 Å². The van der Waals surface area contributed by atoms with Gasteiger partial charge in [0, 0.05) is 24.1 Å². The third-order valence-electron chi connectivity index (χ3n) is 4.01. The van der Waals surface area contributed by atoms with Crippen molar-refractivity contribution in [2.24, 2.45) is 0 Å². The van der Waals surface area contributed by atoms with Crippen LogP contribution in [0.5, 0.6) is 11.5 Å². The molecule has 1 spiro atoms. The molecule has 0 bridgehead atoms. The molecule has 1 aliphatic heterocycles. The highest BCUT2D eigenvalue weighted by Gasteiger charge is 2.41. The Morgan fingerprint density at radius 1 is 1.11 bits per heavy atom. The van der Waals surface area contributed by atoms with Crippen molar-refractivity contribution in [3.05, 3.63) is 12.1 Å². The van der Waals surface area contributed by atoms with E-state index < -0.39 is 0 Å². The van der Waals surface area contributed by atoms with Crippen LogP contribution in [0, 0.1) is 0 Å². The summed E-state index contributed by atoms with van der Waals surface area (Å²) in [7, 11) is 3.20. The Labute approximate surface area is 112 Å². The lowest BCUT2D eigenvalue weighted by Crippen LogP contribution is -2.46. The predicted octanol–water partition coefficient (Wildman–Crippen LogP) is 2.38. The minimum absolute atomic E-state index is 0.0539. The van der Waals surface area contributed by atoms with Crippen LogP contribution in [-0.2, 0) is 4.79 Å². The normalized spacial score (nSPS) is 19.6. The molecule has 1 aromatic carbocycles. The maximum atomic E-state index is 12.0. The van der Waals surface area contributed by atoms with Gasteiger partial charge in [-0.2, -0.15) is 0 Å². The molecule has 1 saturated carbocycles. The molecule has 3 rings (SSSR count). The fourth-order valence-corrected chi connectivity index (χ4v) is 2.82. The first kappa shape index (κ1) is 12.1. The van der Waals surface area contributed by atoms with E-state index in [9.17, 15) is 4.79 Å². The fraction of sp³-hybridized carbons (Fsp3) is 0.500. The smallest absolute Gasteiger partial charge is 0.226 e. The number of ether oxygens (including phenoxy) is 2. The van der Waals surface area contributed by atoms with Gasteiger partial charge in [0.2, 0.25) is 5.91 Å². The molecule has 102 valence electrons. The molecule has 5 heteroatoms. The molecule has 2 aliphatic rings. The highest BCUT2D eigenvalue weighted by atomic mass is 16.5. The maximum Gasteiger partial charge on any atom is 0.226 e. The van der Waals surface area contributed by atoms with Crippen molar-refractivity contribution < 1.29 is 14.3 Å². The first-order valence-corrected chi connectivity index (χ1v) is 6.50. The third kappa shape index (κ3) is 1.99. The summed E-state index contributed by atoms with van der Waals surface area (Å²) in [6.07, 6.45) is 3.76. The van der Waals surface area contributed by atoms with Crippen molar-refractivity contribution in [1.82, 2.24) is 0 Å². The number of carbonyl (C=O) groups is 1. The van der Waals surface area contributed by atoms with Crippen LogP contribution in [0.1, 0.15) is 25.7 Å². The summed E-state index contributed by atoms with van der Waals surface area (Å²) in [5, 5.41) is 6.44. The van der Waals surface area contributed by atoms with Crippen molar-refractivity contribution in [3.8, 4) is 11.5 Å². The van der Waals surface area contributed by atoms with Gasteiger partial charge in [-0.15, -0.1) is 0 Å². The lowest BCUT2D eigenvalue weighted by Gasteiger charge is -2.41. The molecule has 0 saturated heterocycles. The molecule has 2 N–H and O–H groups in total. The summed E-state index contributed by atoms with van der Waals surface area (Å²) in [4.78, 5) is 12.0. The standard InChI is InChI=1S/C14H18N2O3/c1-18-11-6-9-10(7-12(11)19-2)16-14(4-3-5-14)8-13(17)15-9/h6-7,16H,3-5,8H2,1-2H3,(H,15,17). The van der Waals surface area contributed by atoms with Gasteiger partial charge in [0.15, 0.2) is 11.5 Å². The van der Waals surface area contributed by atoms with Gasteiger partial charge in [-0.05, 0) is 19.3 Å². The minimum atomic E-state index is -0.0745. The van der Waals surface area contributed by atoms with Crippen molar-refractivity contribution in [2.45, 2.75) is 31.2 Å². The molecule has 1 amide bonds. The molecule has 0 atom stereocenters. The van der Waals surface area contributed by atoms with Crippen LogP contribution in [0.25, 0.3) is 0 Å². The Balaban J connectivity index is 2.04. The van der Waals surface area contributed by atoms with E-state index in [2.05, 4.69) is 10.6 Å². The van der Waals surface area contributed by atoms with Gasteiger partial charge in [-0.25, -0.2) is 0 Å². The molecule has 1 aliphatic carbocycles. The molecule has 0 unspecified atom stereocenters. The van der Waals surface area contributed by atoms with E-state index >= 15 is 0 Å². The number of hydrogen-bond donors (Lipinski definition) is 2. The van der Waals surface area contributed by atoms with E-state index in [-0.39, 0.29) is 11.4 Å². The number of rotatable bonds is 2. The lowest BCUT2D eigenvalue weighted by molar-refractivity contribution is -0.117. The molecule has 5 nitrogen and oxygen atoms in total. The summed E-state index contributed by atoms with van der Waals surface area (Å²) in [5.74, 6) is 1.34. The number of anilines is 2. The zero-order valence-corrected chi connectivity index (χ0v) is 11.2. The number of amides is 1. The Hall–Kier alpha value is -1.91. The second-order valence-electron chi connectivity index (χ2n) is 5.24. The Morgan fingerprint density at radius 2 is 1.74 bits per heavy atom. The van der Waals surface area contributed by atoms with Gasteiger partial charge in [0.05, 0.1) is 25.6 Å². The van der Waals surface area contributed by atoms with Crippen molar-refractivity contribution in [3.63, 3.8) is 0 Å². The average molecular weight is 262 g/mol. The fourth-order valence-electron chi connectivity index (χ4n) is 2.82. The van der Waals surface area contributed by atoms with Gasteiger partial charge >= 0.3 is 0 Å². The molecular formula is C14H18N2O3. The number of benzene rings is 1. The second-order valence-corrected chi connectivity index (χ2v) is 5.24. The van der Waals surface area contributed by atoms with E-state index in [4.69, 9.17) is 9.47 Å². The highest BCUT2D eigenvalue weighted by Crippen LogP contribution is 2.45. The van der Waals surface area contributed by atoms with E-state index in [1.54, 1.807) is 20.3 Å². The molecule has 1 fully saturated rings. The molecule has 1 heterocycles. The second kappa shape index (κ2) is 4.33. The highest BCUT2D eigenvalue weighted by molar-refractivity contribution is 5.98. The topological polar surface area (TPSA) is 59.6 Å². The van der Waals surface area contributed by atoms with Crippen LogP contribution in [0.4, 0.5) is 11.4 Å². The summed E-state index contributed by atoms with van der Waals surface area (Å²) in [6, 6.07) is 3.69. The molecule has 0 aromatic heterocycles. The molecule has 1 aromatic rings. The number of methoxy groups -OCH3 is 2. The number of fused-ring (bicyclic) bond motifs is 1. The summed E-state index contributed by atoms with van der Waals surface area (Å²) in [5.41, 5.74) is 1.59. The van der Waals surface area contributed by atoms with Crippen molar-refractivity contribution >= 4 is 17.3 Å². The monoisotopic (exact) mass is 262 g/mol. The van der Waals surface area contributed by atoms with Crippen LogP contribution in [0.2, 0.25) is 0 Å². The van der Waals surface area contributed by atoms with E-state index in [0.717, 1.165) is 24.2 Å². The zero-order valence-electron chi connectivity index (χ0n) is 11.2. The van der Waals surface area contributed by atoms with E-state index in [1.807, 2.05) is 6.07 Å². The SMILES string of the molecule is COc1cc2c(cc1OC)NC1(CCC1)CC(=O)N2. The number of hydrogen-bond acceptors (Lipinski definition) is 4. The first-order valence-electron chi connectivity index (χ1n) is 6.50.